The molecule has 0 aliphatic rings. The summed E-state index contributed by atoms with van der Waals surface area (Å²) in [5.41, 5.74) is 13.0. The van der Waals surface area contributed by atoms with E-state index in [-0.39, 0.29) is 39.7 Å². The van der Waals surface area contributed by atoms with Crippen LogP contribution < -0.4 is 0 Å². The maximum absolute atomic E-state index is 3.06. The minimum absolute atomic E-state index is 0. The van der Waals surface area contributed by atoms with Crippen LogP contribution in [0.15, 0.2) is 170 Å². The van der Waals surface area contributed by atoms with Gasteiger partial charge in [0, 0.05) is 0 Å². The van der Waals surface area contributed by atoms with Crippen molar-refractivity contribution >= 4 is 53.2 Å². The van der Waals surface area contributed by atoms with Crippen LogP contribution in [0.1, 0.15) is 11.1 Å². The molecule has 0 aromatic heterocycles. The van der Waals surface area contributed by atoms with Crippen LogP contribution in [0.25, 0.3) is 66.1 Å². The van der Waals surface area contributed by atoms with Crippen molar-refractivity contribution in [3.05, 3.63) is 196 Å². The number of hydrogen-bond acceptors (Lipinski definition) is 0. The predicted octanol–water partition coefficient (Wildman–Crippen LogP) is 13.8. The Hall–Kier alpha value is -3.78. The van der Waals surface area contributed by atoms with Gasteiger partial charge in [-0.05, 0) is 11.1 Å². The molecule has 0 fully saturated rings. The van der Waals surface area contributed by atoms with E-state index in [1.807, 2.05) is 0 Å². The van der Waals surface area contributed by atoms with E-state index >= 15 is 0 Å². The molecule has 0 heterocycles. The van der Waals surface area contributed by atoms with Crippen molar-refractivity contribution in [2.45, 2.75) is 13.8 Å². The monoisotopic (exact) mass is 782 g/mol. The van der Waals surface area contributed by atoms with Crippen molar-refractivity contribution in [1.82, 2.24) is 0 Å². The second kappa shape index (κ2) is 20.2. The molecule has 0 atom stereocenters. The van der Waals surface area contributed by atoms with Gasteiger partial charge in [-0.3, -0.25) is 0 Å². The van der Waals surface area contributed by atoms with E-state index in [1.165, 1.54) is 101 Å². The number of benzene rings is 6. The molecule has 0 N–H and O–H groups in total. The predicted molar refractivity (Wildman–Crippen MR) is 223 cm³/mol. The molecule has 0 amide bonds. The van der Waals surface area contributed by atoms with E-state index < -0.39 is 0 Å². The average Bonchev–Trinajstić information content (AvgIpc) is 3.72. The van der Waals surface area contributed by atoms with Gasteiger partial charge in [0.1, 0.15) is 0 Å². The number of fused-ring (bicyclic) bond motifs is 2. The fourth-order valence-corrected chi connectivity index (χ4v) is 6.37. The van der Waals surface area contributed by atoms with Gasteiger partial charge in [0.25, 0.3) is 0 Å². The minimum atomic E-state index is 0. The van der Waals surface area contributed by atoms with E-state index in [2.05, 4.69) is 191 Å². The summed E-state index contributed by atoms with van der Waals surface area (Å²) in [6.45, 7) is 7.40. The first-order valence-electron chi connectivity index (χ1n) is 15.5. The van der Waals surface area contributed by atoms with Crippen LogP contribution in [0, 0.1) is 28.7 Å². The van der Waals surface area contributed by atoms with Gasteiger partial charge < -0.3 is 14.9 Å². The van der Waals surface area contributed by atoms with Crippen LogP contribution in [-0.2, 0) is 23.3 Å². The molecule has 8 aromatic rings. The Morgan fingerprint density at radius 1 is 0.380 bits per heavy atom. The molecule has 0 nitrogen and oxygen atoms in total. The van der Waals surface area contributed by atoms with Crippen molar-refractivity contribution in [3.63, 3.8) is 0 Å². The first-order valence-corrected chi connectivity index (χ1v) is 19.7. The third kappa shape index (κ3) is 9.30. The molecule has 8 rings (SSSR count). The van der Waals surface area contributed by atoms with Crippen molar-refractivity contribution < 1.29 is 23.3 Å². The van der Waals surface area contributed by atoms with Crippen molar-refractivity contribution in [2.24, 2.45) is 0 Å². The van der Waals surface area contributed by atoms with Gasteiger partial charge in [0.15, 0.2) is 0 Å². The van der Waals surface area contributed by atoms with E-state index in [4.69, 9.17) is 0 Å². The molecule has 0 spiro atoms. The van der Waals surface area contributed by atoms with Crippen LogP contribution >= 0.6 is 24.8 Å². The summed E-state index contributed by atoms with van der Waals surface area (Å²) in [5.74, 6) is 0. The van der Waals surface area contributed by atoms with Gasteiger partial charge in [-0.2, -0.15) is 12.1 Å². The van der Waals surface area contributed by atoms with Crippen molar-refractivity contribution in [2.75, 3.05) is 0 Å². The van der Waals surface area contributed by atoms with Crippen LogP contribution in [0.5, 0.6) is 0 Å². The van der Waals surface area contributed by atoms with Gasteiger partial charge in [0.05, 0.1) is 0 Å². The first kappa shape index (κ1) is 42.4. The quantitative estimate of drug-likeness (QED) is 0.123. The zero-order chi connectivity index (χ0) is 31.9. The third-order valence-corrected chi connectivity index (χ3v) is 8.40. The molecular weight excluding hydrogens is 743 g/mol. The number of hydrogen-bond donors (Lipinski definition) is 0. The standard InChI is InChI=1S/2C22H17.2CH3.2ClH.Si.Zr/c2*1-16-14-21-19(17-8-4-2-5-9-17)12-13-20(22(21)15-16)18-10-6-3-7-11-18;;;;;;/h2*2-15H,1H3;2*1H3;2*1H;;/q4*-1;;;;. The molecule has 50 heavy (non-hydrogen) atoms. The van der Waals surface area contributed by atoms with Gasteiger partial charge >= 0.3 is 30.2 Å². The number of halogens is 2. The van der Waals surface area contributed by atoms with Crippen LogP contribution in [0.2, 0.25) is 0 Å². The molecule has 0 bridgehead atoms. The Morgan fingerprint density at radius 3 is 0.900 bits per heavy atom. The Labute approximate surface area is 328 Å². The second-order valence-electron chi connectivity index (χ2n) is 11.5. The Bertz CT molecular complexity index is 1870. The second-order valence-corrected chi connectivity index (χ2v) is 11.5. The topological polar surface area (TPSA) is 0 Å². The molecule has 252 valence electrons. The fraction of sp³-hybridized carbons (Fsp3) is 0.0435. The maximum atomic E-state index is 3.06. The normalized spacial score (nSPS) is 9.70. The van der Waals surface area contributed by atoms with Crippen LogP contribution in [0.3, 0.4) is 0 Å². The van der Waals surface area contributed by atoms with E-state index in [0.29, 0.717) is 0 Å². The zero-order valence-electron chi connectivity index (χ0n) is 29.0. The number of aryl methyl sites for hydroxylation is 2. The van der Waals surface area contributed by atoms with E-state index in [0.717, 1.165) is 0 Å². The van der Waals surface area contributed by atoms with Gasteiger partial charge in [-0.25, -0.2) is 0 Å². The summed E-state index contributed by atoms with van der Waals surface area (Å²) in [6, 6.07) is 60.7. The molecule has 0 aliphatic heterocycles. The van der Waals surface area contributed by atoms with Crippen molar-refractivity contribution in [1.29, 1.82) is 0 Å². The molecule has 0 aliphatic carbocycles. The van der Waals surface area contributed by atoms with Gasteiger partial charge in [-0.15, -0.1) is 69.6 Å². The molecule has 8 aromatic carbocycles. The SMILES string of the molecule is Cc1cc2c(-c3ccccc3)ccc(-c3ccccc3)c2[cH-]1.Cc1cc2c(-c3ccccc3)ccc(-c3ccccc3)c2[cH-]1.Cl.Cl.[CH3-].[CH3-].[Si]=[Zr]. The molecule has 0 unspecified atom stereocenters. The summed E-state index contributed by atoms with van der Waals surface area (Å²) in [7, 11) is 0. The van der Waals surface area contributed by atoms with E-state index in [9.17, 15) is 0 Å². The van der Waals surface area contributed by atoms with Crippen LogP contribution in [-0.4, -0.2) is 6.88 Å². The summed E-state index contributed by atoms with van der Waals surface area (Å²) in [4.78, 5) is 0. The Kier molecular flexibility index (Phi) is 17.1. The average molecular weight is 785 g/mol. The summed E-state index contributed by atoms with van der Waals surface area (Å²) in [6.07, 6.45) is 0. The fourth-order valence-electron chi connectivity index (χ4n) is 6.37. The Balaban J connectivity index is 0.000000307. The first-order chi connectivity index (χ1) is 22.7. The number of rotatable bonds is 4. The third-order valence-electron chi connectivity index (χ3n) is 8.40. The van der Waals surface area contributed by atoms with Gasteiger partial charge in [-0.1, -0.05) is 193 Å². The van der Waals surface area contributed by atoms with Crippen LogP contribution in [0.4, 0.5) is 0 Å². The zero-order valence-corrected chi connectivity index (χ0v) is 34.1. The molecule has 0 saturated heterocycles. The molecule has 4 heteroatoms. The van der Waals surface area contributed by atoms with Gasteiger partial charge in [0.2, 0.25) is 0 Å². The van der Waals surface area contributed by atoms with Crippen molar-refractivity contribution in [3.8, 4) is 44.5 Å². The summed E-state index contributed by atoms with van der Waals surface area (Å²) < 4.78 is 0. The Morgan fingerprint density at radius 2 is 0.620 bits per heavy atom. The van der Waals surface area contributed by atoms with E-state index in [1.54, 1.807) is 0 Å². The molecule has 0 saturated carbocycles. The molecular formula is C46H42Cl2SiZr-4. The summed E-state index contributed by atoms with van der Waals surface area (Å²) >= 11 is 1.36. The summed E-state index contributed by atoms with van der Waals surface area (Å²) in [5, 5.41) is 5.35. The molecule has 2 radical (unpaired) electrons.